The molecule has 0 atom stereocenters. The summed E-state index contributed by atoms with van der Waals surface area (Å²) in [5.41, 5.74) is -1.34. The fourth-order valence-electron chi connectivity index (χ4n) is 3.29. The van der Waals surface area contributed by atoms with Crippen molar-refractivity contribution in [3.05, 3.63) is 57.9 Å². The number of halogens is 3. The predicted molar refractivity (Wildman–Crippen MR) is 98.8 cm³/mol. The van der Waals surface area contributed by atoms with Gasteiger partial charge in [0.25, 0.3) is 0 Å². The van der Waals surface area contributed by atoms with E-state index in [4.69, 9.17) is 19.7 Å². The second-order valence-electron chi connectivity index (χ2n) is 6.44. The molecule has 0 radical (unpaired) electrons. The maximum Gasteiger partial charge on any atom is 0.416 e. The molecule has 1 heterocycles. The minimum Gasteiger partial charge on any atom is -0.460 e. The lowest BCUT2D eigenvalue weighted by Gasteiger charge is -2.31. The number of alkyl halides is 3. The topological polar surface area (TPSA) is 105 Å². The van der Waals surface area contributed by atoms with Gasteiger partial charge >= 0.3 is 18.1 Å². The molecule has 164 valence electrons. The van der Waals surface area contributed by atoms with Crippen molar-refractivity contribution in [1.82, 2.24) is 5.32 Å². The van der Waals surface area contributed by atoms with Crippen LogP contribution in [0.2, 0.25) is 0 Å². The van der Waals surface area contributed by atoms with Gasteiger partial charge in [-0.15, -0.1) is 0 Å². The van der Waals surface area contributed by atoms with Crippen molar-refractivity contribution < 1.29 is 42.4 Å². The number of nitrogens with one attached hydrogen (secondary N) is 1. The van der Waals surface area contributed by atoms with Crippen molar-refractivity contribution in [1.29, 1.82) is 0 Å². The number of carbonyl (C=O) groups excluding carboxylic acids is 2. The van der Waals surface area contributed by atoms with Crippen LogP contribution in [0, 0.1) is 0 Å². The smallest absolute Gasteiger partial charge is 0.416 e. The number of aliphatic hydroxyl groups excluding tert-OH is 2. The Morgan fingerprint density at radius 2 is 1.43 bits per heavy atom. The van der Waals surface area contributed by atoms with Gasteiger partial charge in [-0.2, -0.15) is 13.2 Å². The molecule has 0 spiro atoms. The summed E-state index contributed by atoms with van der Waals surface area (Å²) < 4.78 is 51.0. The Bertz CT molecular complexity index is 834. The third-order valence-corrected chi connectivity index (χ3v) is 4.43. The average Bonchev–Trinajstić information content (AvgIpc) is 2.69. The summed E-state index contributed by atoms with van der Waals surface area (Å²) in [7, 11) is 0. The normalized spacial score (nSPS) is 15.2. The van der Waals surface area contributed by atoms with Crippen molar-refractivity contribution >= 4 is 11.9 Å². The minimum atomic E-state index is -4.75. The first-order valence-corrected chi connectivity index (χ1v) is 9.04. The number of hydrogen-bond donors (Lipinski definition) is 3. The van der Waals surface area contributed by atoms with Crippen LogP contribution < -0.4 is 5.32 Å². The lowest BCUT2D eigenvalue weighted by Crippen LogP contribution is -2.34. The van der Waals surface area contributed by atoms with E-state index in [1.165, 1.54) is 32.0 Å². The van der Waals surface area contributed by atoms with Crippen LogP contribution in [-0.4, -0.2) is 48.6 Å². The number of aliphatic hydroxyl groups is 2. The summed E-state index contributed by atoms with van der Waals surface area (Å²) >= 11 is 0. The molecular formula is C20H22F3NO6. The maximum atomic E-state index is 13.7. The minimum absolute atomic E-state index is 0.205. The quantitative estimate of drug-likeness (QED) is 0.570. The molecule has 1 aliphatic rings. The third-order valence-electron chi connectivity index (χ3n) is 4.43. The molecular weight excluding hydrogens is 407 g/mol. The molecule has 0 fully saturated rings. The van der Waals surface area contributed by atoms with E-state index in [0.717, 1.165) is 6.07 Å². The summed E-state index contributed by atoms with van der Waals surface area (Å²) in [5, 5.41) is 20.7. The molecule has 0 saturated carbocycles. The number of carbonyl (C=O) groups is 2. The summed E-state index contributed by atoms with van der Waals surface area (Å²) in [6.45, 7) is 1.26. The van der Waals surface area contributed by atoms with Crippen LogP contribution in [0.25, 0.3) is 0 Å². The van der Waals surface area contributed by atoms with E-state index >= 15 is 0 Å². The fourth-order valence-corrected chi connectivity index (χ4v) is 3.29. The van der Waals surface area contributed by atoms with Gasteiger partial charge in [0.2, 0.25) is 0 Å². The number of hydrogen-bond acceptors (Lipinski definition) is 7. The van der Waals surface area contributed by atoms with Gasteiger partial charge in [-0.3, -0.25) is 0 Å². The van der Waals surface area contributed by atoms with Crippen molar-refractivity contribution in [2.24, 2.45) is 0 Å². The molecule has 2 rings (SSSR count). The van der Waals surface area contributed by atoms with Crippen molar-refractivity contribution in [3.8, 4) is 0 Å². The molecule has 0 aliphatic carbocycles. The predicted octanol–water partition coefficient (Wildman–Crippen LogP) is 2.01. The molecule has 30 heavy (non-hydrogen) atoms. The molecule has 0 aromatic heterocycles. The lowest BCUT2D eigenvalue weighted by atomic mass is 9.78. The van der Waals surface area contributed by atoms with Gasteiger partial charge in [-0.25, -0.2) is 9.59 Å². The number of ether oxygens (including phenoxy) is 2. The number of esters is 2. The van der Waals surface area contributed by atoms with Gasteiger partial charge < -0.3 is 25.0 Å². The number of rotatable bonds is 7. The Kier molecular flexibility index (Phi) is 7.63. The van der Waals surface area contributed by atoms with Gasteiger partial charge in [0.05, 0.1) is 35.8 Å². The number of dihydropyridines is 1. The summed E-state index contributed by atoms with van der Waals surface area (Å²) in [5.74, 6) is -3.38. The first kappa shape index (κ1) is 23.4. The molecule has 10 heteroatoms. The van der Waals surface area contributed by atoms with E-state index in [0.29, 0.717) is 0 Å². The van der Waals surface area contributed by atoms with E-state index < -0.39 is 42.8 Å². The van der Waals surface area contributed by atoms with Crippen LogP contribution in [0.1, 0.15) is 30.9 Å². The van der Waals surface area contributed by atoms with Crippen LogP contribution in [0.5, 0.6) is 0 Å². The standard InChI is InChI=1S/C20H22F3NO6/c1-11-15(18(27)29-9-7-25)17(13-5-3-4-6-14(13)20(21,22)23)16(12(2)24-11)19(28)30-10-8-26/h3-6,17,24-26H,7-10H2,1-2H3. The molecule has 0 bridgehead atoms. The van der Waals surface area contributed by atoms with E-state index in [1.54, 1.807) is 0 Å². The van der Waals surface area contributed by atoms with Gasteiger partial charge in [-0.05, 0) is 25.5 Å². The highest BCUT2D eigenvalue weighted by atomic mass is 19.4. The number of allylic oxidation sites excluding steroid dienone is 2. The van der Waals surface area contributed by atoms with Crippen molar-refractivity contribution in [2.75, 3.05) is 26.4 Å². The Balaban J connectivity index is 2.71. The van der Waals surface area contributed by atoms with Crippen LogP contribution in [0.3, 0.4) is 0 Å². The van der Waals surface area contributed by atoms with E-state index in [1.807, 2.05) is 0 Å². The SMILES string of the molecule is CC1=C(C(=O)OCCO)C(c2ccccc2C(F)(F)F)C(C(=O)OCCO)=C(C)N1. The first-order valence-electron chi connectivity index (χ1n) is 9.04. The molecule has 1 aliphatic heterocycles. The first-order chi connectivity index (χ1) is 14.1. The third kappa shape index (κ3) is 5.00. The zero-order valence-electron chi connectivity index (χ0n) is 16.4. The van der Waals surface area contributed by atoms with Crippen LogP contribution in [-0.2, 0) is 25.2 Å². The molecule has 0 amide bonds. The van der Waals surface area contributed by atoms with E-state index in [9.17, 15) is 22.8 Å². The maximum absolute atomic E-state index is 13.7. The van der Waals surface area contributed by atoms with Crippen LogP contribution >= 0.6 is 0 Å². The second kappa shape index (κ2) is 9.77. The van der Waals surface area contributed by atoms with Gasteiger partial charge in [0.1, 0.15) is 13.2 Å². The largest absolute Gasteiger partial charge is 0.460 e. The summed E-state index contributed by atoms with van der Waals surface area (Å²) in [4.78, 5) is 25.3. The fraction of sp³-hybridized carbons (Fsp3) is 0.400. The Labute approximate surface area is 170 Å². The van der Waals surface area contributed by atoms with Crippen molar-refractivity contribution in [2.45, 2.75) is 25.9 Å². The Hall–Kier alpha value is -2.85. The molecule has 1 aromatic rings. The Morgan fingerprint density at radius 1 is 0.967 bits per heavy atom. The zero-order chi connectivity index (χ0) is 22.5. The highest BCUT2D eigenvalue weighted by Crippen LogP contribution is 2.44. The van der Waals surface area contributed by atoms with Crippen LogP contribution in [0.4, 0.5) is 13.2 Å². The second-order valence-corrected chi connectivity index (χ2v) is 6.44. The highest BCUT2D eigenvalue weighted by Gasteiger charge is 2.43. The number of benzene rings is 1. The van der Waals surface area contributed by atoms with Crippen LogP contribution in [0.15, 0.2) is 46.8 Å². The van der Waals surface area contributed by atoms with E-state index in [2.05, 4.69) is 5.32 Å². The monoisotopic (exact) mass is 429 g/mol. The average molecular weight is 429 g/mol. The van der Waals surface area contributed by atoms with E-state index in [-0.39, 0.29) is 41.3 Å². The summed E-state index contributed by atoms with van der Waals surface area (Å²) in [6.07, 6.45) is -4.75. The molecule has 3 N–H and O–H groups in total. The lowest BCUT2D eigenvalue weighted by molar-refractivity contribution is -0.143. The molecule has 0 saturated heterocycles. The van der Waals surface area contributed by atoms with Crippen molar-refractivity contribution in [3.63, 3.8) is 0 Å². The molecule has 0 unspecified atom stereocenters. The molecule has 7 nitrogen and oxygen atoms in total. The van der Waals surface area contributed by atoms with Gasteiger partial charge in [0, 0.05) is 11.4 Å². The Morgan fingerprint density at radius 3 is 1.87 bits per heavy atom. The molecule has 1 aromatic carbocycles. The van der Waals surface area contributed by atoms with Gasteiger partial charge in [0.15, 0.2) is 0 Å². The summed E-state index contributed by atoms with van der Waals surface area (Å²) in [6, 6.07) is 4.60. The van der Waals surface area contributed by atoms with Gasteiger partial charge in [-0.1, -0.05) is 18.2 Å². The zero-order valence-corrected chi connectivity index (χ0v) is 16.4. The highest BCUT2D eigenvalue weighted by molar-refractivity contribution is 6.00.